The topological polar surface area (TPSA) is 112 Å². The summed E-state index contributed by atoms with van der Waals surface area (Å²) < 4.78 is 0.923. The van der Waals surface area contributed by atoms with Gasteiger partial charge in [-0.15, -0.1) is 0 Å². The Kier molecular flexibility index (Phi) is 12.3. The van der Waals surface area contributed by atoms with Gasteiger partial charge in [0.25, 0.3) is 0 Å². The summed E-state index contributed by atoms with van der Waals surface area (Å²) in [5.74, 6) is -2.63. The summed E-state index contributed by atoms with van der Waals surface area (Å²) in [6.45, 7) is 4.41. The molecule has 0 heterocycles. The van der Waals surface area contributed by atoms with E-state index < -0.39 is 17.9 Å². The molecule has 6 aromatic carbocycles. The monoisotopic (exact) mass is 679 g/mol. The van der Waals surface area contributed by atoms with Crippen molar-refractivity contribution < 1.29 is 29.7 Å². The Morgan fingerprint density at radius 1 is 0.442 bits per heavy atom. The zero-order valence-corrected chi connectivity index (χ0v) is 26.6. The molecule has 0 saturated heterocycles. The van der Waals surface area contributed by atoms with Gasteiger partial charge in [-0.1, -0.05) is 109 Å². The van der Waals surface area contributed by atoms with Crippen LogP contribution in [0.2, 0.25) is 3.93 Å². The van der Waals surface area contributed by atoms with Gasteiger partial charge in [0.15, 0.2) is 0 Å². The van der Waals surface area contributed by atoms with Gasteiger partial charge in [-0.05, 0) is 50.5 Å². The van der Waals surface area contributed by atoms with Gasteiger partial charge in [0.2, 0.25) is 0 Å². The van der Waals surface area contributed by atoms with E-state index in [-0.39, 0.29) is 0 Å². The summed E-state index contributed by atoms with van der Waals surface area (Å²) in [6, 6.07) is 38.2. The number of hydrogen-bond donors (Lipinski definition) is 3. The second kappa shape index (κ2) is 16.1. The van der Waals surface area contributed by atoms with E-state index in [1.165, 1.54) is 0 Å². The zero-order valence-electron chi connectivity index (χ0n) is 23.8. The number of hydrogen-bond acceptors (Lipinski definition) is 3. The molecule has 0 fully saturated rings. The third kappa shape index (κ3) is 9.41. The van der Waals surface area contributed by atoms with Crippen LogP contribution < -0.4 is 0 Å². The van der Waals surface area contributed by atoms with Gasteiger partial charge in [-0.2, -0.15) is 0 Å². The Morgan fingerprint density at radius 2 is 0.651 bits per heavy atom. The van der Waals surface area contributed by atoms with Crippen molar-refractivity contribution in [3.8, 4) is 0 Å². The first-order valence-corrected chi connectivity index (χ1v) is 15.1. The van der Waals surface area contributed by atoms with E-state index in [0.717, 1.165) is 36.3 Å². The van der Waals surface area contributed by atoms with Crippen LogP contribution in [0, 0.1) is 0 Å². The molecule has 6 rings (SSSR count). The third-order valence-corrected chi connectivity index (χ3v) is 6.06. The SMILES string of the molecule is C[CH](C)[Sn].O=C(O)c1cccc2ccccc12.O=C(O)c1cccc2ccccc12.O=C(O)c1cccc2ccccc12. The fourth-order valence-electron chi connectivity index (χ4n) is 4.24. The molecule has 0 bridgehead atoms. The standard InChI is InChI=1S/3C11H8O2.C3H7.Sn/c3*12-11(13)10-7-3-5-8-4-1-2-6-9(8)10;1-3-2;/h3*1-7H,(H,12,13);3H,1-2H3;. The van der Waals surface area contributed by atoms with Crippen molar-refractivity contribution in [2.75, 3.05) is 0 Å². The first-order chi connectivity index (χ1) is 20.6. The van der Waals surface area contributed by atoms with E-state index in [2.05, 4.69) is 13.8 Å². The minimum atomic E-state index is -0.878. The molecule has 0 aliphatic heterocycles. The number of fused-ring (bicyclic) bond motifs is 3. The van der Waals surface area contributed by atoms with Crippen molar-refractivity contribution in [2.45, 2.75) is 17.8 Å². The summed E-state index contributed by atoms with van der Waals surface area (Å²) in [5.41, 5.74) is 1.08. The van der Waals surface area contributed by atoms with Crippen molar-refractivity contribution in [3.05, 3.63) is 144 Å². The normalized spacial score (nSPS) is 10.0. The molecule has 3 radical (unpaired) electrons. The number of carboxylic acid groups (broad SMARTS) is 3. The van der Waals surface area contributed by atoms with Crippen molar-refractivity contribution in [1.82, 2.24) is 0 Å². The van der Waals surface area contributed by atoms with Gasteiger partial charge in [0.05, 0.1) is 16.7 Å². The van der Waals surface area contributed by atoms with E-state index in [0.29, 0.717) is 16.7 Å². The third-order valence-electron chi connectivity index (χ3n) is 6.06. The van der Waals surface area contributed by atoms with Crippen molar-refractivity contribution in [3.63, 3.8) is 0 Å². The molecule has 0 atom stereocenters. The smallest absolute Gasteiger partial charge is 0.336 e. The van der Waals surface area contributed by atoms with Gasteiger partial charge in [-0.25, -0.2) is 14.4 Å². The van der Waals surface area contributed by atoms with E-state index in [4.69, 9.17) is 15.3 Å². The number of carbonyl (C=O) groups is 3. The molecule has 215 valence electrons. The summed E-state index contributed by atoms with van der Waals surface area (Å²) in [4.78, 5) is 32.4. The molecule has 0 aliphatic rings. The average Bonchev–Trinajstić information content (AvgIpc) is 3.00. The minimum Gasteiger partial charge on any atom is -0.478 e. The maximum Gasteiger partial charge on any atom is 0.336 e. The number of carboxylic acids is 3. The van der Waals surface area contributed by atoms with Crippen LogP contribution in [0.3, 0.4) is 0 Å². The van der Waals surface area contributed by atoms with E-state index >= 15 is 0 Å². The molecule has 6 aromatic rings. The van der Waals surface area contributed by atoms with Crippen LogP contribution in [0.1, 0.15) is 44.9 Å². The molecule has 6 nitrogen and oxygen atoms in total. The molecule has 0 aliphatic carbocycles. The largest absolute Gasteiger partial charge is 0.478 e. The first-order valence-electron chi connectivity index (χ1n) is 13.4. The van der Waals surface area contributed by atoms with Gasteiger partial charge >= 0.3 is 58.2 Å². The van der Waals surface area contributed by atoms with Crippen LogP contribution in [0.4, 0.5) is 0 Å². The number of rotatable bonds is 3. The van der Waals surface area contributed by atoms with Crippen LogP contribution in [0.15, 0.2) is 127 Å². The molecule has 3 N–H and O–H groups in total. The van der Waals surface area contributed by atoms with Crippen LogP contribution in [-0.4, -0.2) is 55.8 Å². The van der Waals surface area contributed by atoms with Crippen molar-refractivity contribution in [2.24, 2.45) is 0 Å². The molecule has 43 heavy (non-hydrogen) atoms. The van der Waals surface area contributed by atoms with E-state index in [9.17, 15) is 14.4 Å². The van der Waals surface area contributed by atoms with Gasteiger partial charge in [0.1, 0.15) is 0 Å². The predicted octanol–water partition coefficient (Wildman–Crippen LogP) is 8.60. The molecule has 7 heteroatoms. The van der Waals surface area contributed by atoms with Gasteiger partial charge in [0, 0.05) is 0 Å². The van der Waals surface area contributed by atoms with E-state index in [1.54, 1.807) is 58.9 Å². The molecular formula is C36H31O6Sn. The quantitative estimate of drug-likeness (QED) is 0.162. The van der Waals surface area contributed by atoms with Crippen LogP contribution in [-0.2, 0) is 0 Å². The minimum absolute atomic E-state index is 0.359. The van der Waals surface area contributed by atoms with Crippen molar-refractivity contribution >= 4 is 72.8 Å². The first kappa shape index (κ1) is 32.8. The summed E-state index contributed by atoms with van der Waals surface area (Å²) in [7, 11) is 0. The Hall–Kier alpha value is -4.69. The molecule has 0 aromatic heterocycles. The fraction of sp³-hybridized carbons (Fsp3) is 0.0833. The molecular weight excluding hydrogens is 647 g/mol. The maximum absolute atomic E-state index is 10.8. The number of aromatic carboxylic acids is 3. The van der Waals surface area contributed by atoms with Crippen molar-refractivity contribution in [1.29, 1.82) is 0 Å². The molecule has 0 unspecified atom stereocenters. The van der Waals surface area contributed by atoms with E-state index in [1.807, 2.05) is 91.0 Å². The Labute approximate surface area is 263 Å². The molecule has 0 spiro atoms. The number of benzene rings is 6. The van der Waals surface area contributed by atoms with Crippen LogP contribution in [0.25, 0.3) is 32.3 Å². The van der Waals surface area contributed by atoms with Crippen LogP contribution >= 0.6 is 0 Å². The molecule has 0 amide bonds. The Bertz CT molecular complexity index is 1630. The summed E-state index contributed by atoms with van der Waals surface area (Å²) in [5, 5.41) is 31.9. The Balaban J connectivity index is 0.000000166. The fourth-order valence-corrected chi connectivity index (χ4v) is 4.24. The zero-order chi connectivity index (χ0) is 31.4. The summed E-state index contributed by atoms with van der Waals surface area (Å²) >= 11 is 1.64. The summed E-state index contributed by atoms with van der Waals surface area (Å²) in [6.07, 6.45) is 0. The van der Waals surface area contributed by atoms with Gasteiger partial charge in [-0.3, -0.25) is 0 Å². The molecule has 0 saturated carbocycles. The maximum atomic E-state index is 10.8. The second-order valence-corrected chi connectivity index (χ2v) is 12.9. The van der Waals surface area contributed by atoms with Gasteiger partial charge < -0.3 is 15.3 Å². The Morgan fingerprint density at radius 3 is 0.884 bits per heavy atom. The predicted molar refractivity (Wildman–Crippen MR) is 174 cm³/mol. The second-order valence-electron chi connectivity index (χ2n) is 9.65. The average molecular weight is 678 g/mol. The van der Waals surface area contributed by atoms with Crippen LogP contribution in [0.5, 0.6) is 0 Å².